The first kappa shape index (κ1) is 24.8. The van der Waals surface area contributed by atoms with Crippen LogP contribution in [0.5, 0.6) is 0 Å². The number of amides is 1. The van der Waals surface area contributed by atoms with Crippen molar-refractivity contribution in [1.29, 1.82) is 0 Å². The van der Waals surface area contributed by atoms with Crippen LogP contribution in [0.2, 0.25) is 10.0 Å². The fraction of sp³-hybridized carbons (Fsp3) is 0.121. The molecule has 1 spiro atoms. The maximum absolute atomic E-state index is 14.8. The van der Waals surface area contributed by atoms with Gasteiger partial charge in [-0.1, -0.05) is 89.9 Å². The highest BCUT2D eigenvalue weighted by molar-refractivity contribution is 6.35. The summed E-state index contributed by atoms with van der Waals surface area (Å²) in [6, 6.07) is 27.1. The second-order valence-electron chi connectivity index (χ2n) is 10.3. The first-order chi connectivity index (χ1) is 19.4. The number of halogens is 2. The molecule has 5 nitrogen and oxygen atoms in total. The van der Waals surface area contributed by atoms with Crippen LogP contribution in [0.1, 0.15) is 43.4 Å². The van der Waals surface area contributed by atoms with Crippen LogP contribution >= 0.6 is 23.2 Å². The van der Waals surface area contributed by atoms with Crippen molar-refractivity contribution in [2.45, 2.75) is 17.5 Å². The monoisotopic (exact) mass is 564 g/mol. The summed E-state index contributed by atoms with van der Waals surface area (Å²) in [4.78, 5) is 45.6. The van der Waals surface area contributed by atoms with Crippen LogP contribution in [0.3, 0.4) is 0 Å². The van der Waals surface area contributed by atoms with Gasteiger partial charge in [-0.05, 0) is 53.1 Å². The van der Waals surface area contributed by atoms with Crippen LogP contribution in [0.15, 0.2) is 103 Å². The number of carbonyl (C=O) groups is 3. The maximum atomic E-state index is 14.8. The van der Waals surface area contributed by atoms with E-state index in [0.29, 0.717) is 16.8 Å². The Morgan fingerprint density at radius 2 is 1.35 bits per heavy atom. The van der Waals surface area contributed by atoms with E-state index in [9.17, 15) is 14.4 Å². The number of rotatable bonds is 4. The molecule has 7 heteroatoms. The molecule has 3 aliphatic rings. The first-order valence-corrected chi connectivity index (χ1v) is 13.7. The molecule has 196 valence electrons. The highest BCUT2D eigenvalue weighted by Crippen LogP contribution is 2.62. The van der Waals surface area contributed by atoms with E-state index < -0.39 is 23.4 Å². The molecular weight excluding hydrogens is 543 g/mol. The number of benzene rings is 4. The molecule has 0 bridgehead atoms. The molecule has 0 radical (unpaired) electrons. The van der Waals surface area contributed by atoms with Crippen molar-refractivity contribution >= 4 is 52.4 Å². The van der Waals surface area contributed by atoms with Gasteiger partial charge >= 0.3 is 0 Å². The van der Waals surface area contributed by atoms with Crippen molar-refractivity contribution < 1.29 is 14.4 Å². The number of carbonyl (C=O) groups excluding carboxylic acids is 3. The molecule has 4 aromatic carbocycles. The molecule has 4 atom stereocenters. The fourth-order valence-corrected chi connectivity index (χ4v) is 7.27. The van der Waals surface area contributed by atoms with Crippen molar-refractivity contribution in [3.8, 4) is 0 Å². The van der Waals surface area contributed by atoms with Gasteiger partial charge < -0.3 is 10.2 Å². The minimum atomic E-state index is -1.42. The summed E-state index contributed by atoms with van der Waals surface area (Å²) in [6.07, 6.45) is 3.76. The number of para-hydroxylation sites is 1. The third-order valence-electron chi connectivity index (χ3n) is 8.40. The molecule has 0 unspecified atom stereocenters. The van der Waals surface area contributed by atoms with E-state index in [1.807, 2.05) is 65.7 Å². The second-order valence-corrected chi connectivity index (χ2v) is 11.1. The molecule has 1 fully saturated rings. The SMILES string of the molecule is O=C(c1ccccc1Cl)[C@@H]1[C@@H](C(=O)c2ccccc2Cl)[C@@]2(C(=O)Nc3ccccc32)[C@H]2c3ccccc3C=CN12. The van der Waals surface area contributed by atoms with Crippen molar-refractivity contribution in [2.24, 2.45) is 5.92 Å². The van der Waals surface area contributed by atoms with Crippen LogP contribution < -0.4 is 5.32 Å². The Balaban J connectivity index is 1.57. The standard InChI is InChI=1S/C33H22Cl2N2O3/c34-24-14-6-3-11-21(24)29(38)27-28(30(39)22-12-4-7-15-25(22)35)37-18-17-19-9-1-2-10-20(19)31(37)33(27)23-13-5-8-16-26(23)36-32(33)40/h1-18,27-28,31H,(H,36,40)/t27-,28-,31+,33+/m0/s1. The zero-order valence-electron chi connectivity index (χ0n) is 21.1. The van der Waals surface area contributed by atoms with Crippen molar-refractivity contribution in [3.63, 3.8) is 0 Å². The van der Waals surface area contributed by atoms with Crippen LogP contribution in [-0.2, 0) is 10.2 Å². The number of hydrogen-bond acceptors (Lipinski definition) is 4. The first-order valence-electron chi connectivity index (χ1n) is 13.0. The number of anilines is 1. The lowest BCUT2D eigenvalue weighted by atomic mass is 9.62. The van der Waals surface area contributed by atoms with Crippen LogP contribution in [0, 0.1) is 5.92 Å². The Hall–Kier alpha value is -4.19. The average Bonchev–Trinajstić information content (AvgIpc) is 3.45. The molecule has 3 aliphatic heterocycles. The Morgan fingerprint density at radius 1 is 0.750 bits per heavy atom. The zero-order valence-corrected chi connectivity index (χ0v) is 22.6. The lowest BCUT2D eigenvalue weighted by molar-refractivity contribution is -0.122. The molecule has 3 heterocycles. The zero-order chi connectivity index (χ0) is 27.6. The molecule has 1 N–H and O–H groups in total. The summed E-state index contributed by atoms with van der Waals surface area (Å²) in [5.74, 6) is -2.14. The Kier molecular flexibility index (Phi) is 5.70. The fourth-order valence-electron chi connectivity index (χ4n) is 6.82. The van der Waals surface area contributed by atoms with E-state index in [1.54, 1.807) is 48.5 Å². The summed E-state index contributed by atoms with van der Waals surface area (Å²) >= 11 is 13.1. The minimum absolute atomic E-state index is 0.263. The predicted octanol–water partition coefficient (Wildman–Crippen LogP) is 6.98. The van der Waals surface area contributed by atoms with Gasteiger partial charge in [0.05, 0.1) is 22.0 Å². The summed E-state index contributed by atoms with van der Waals surface area (Å²) in [6.45, 7) is 0. The van der Waals surface area contributed by atoms with E-state index in [0.717, 1.165) is 11.1 Å². The average molecular weight is 565 g/mol. The lowest BCUT2D eigenvalue weighted by Gasteiger charge is -2.38. The van der Waals surface area contributed by atoms with Crippen molar-refractivity contribution in [2.75, 3.05) is 5.32 Å². The van der Waals surface area contributed by atoms with Crippen LogP contribution in [-0.4, -0.2) is 28.4 Å². The van der Waals surface area contributed by atoms with E-state index in [4.69, 9.17) is 23.2 Å². The number of nitrogens with one attached hydrogen (secondary N) is 1. The minimum Gasteiger partial charge on any atom is -0.358 e. The van der Waals surface area contributed by atoms with E-state index in [1.165, 1.54) is 0 Å². The maximum Gasteiger partial charge on any atom is 0.238 e. The van der Waals surface area contributed by atoms with Gasteiger partial charge in [-0.25, -0.2) is 0 Å². The number of hydrogen-bond donors (Lipinski definition) is 1. The van der Waals surface area contributed by atoms with Gasteiger partial charge in [0.2, 0.25) is 5.91 Å². The topological polar surface area (TPSA) is 66.5 Å². The molecule has 7 rings (SSSR count). The van der Waals surface area contributed by atoms with Crippen LogP contribution in [0.25, 0.3) is 6.08 Å². The van der Waals surface area contributed by atoms with Crippen molar-refractivity contribution in [1.82, 2.24) is 4.90 Å². The molecule has 40 heavy (non-hydrogen) atoms. The van der Waals surface area contributed by atoms with Gasteiger partial charge in [-0.3, -0.25) is 14.4 Å². The van der Waals surface area contributed by atoms with E-state index in [2.05, 4.69) is 5.32 Å². The summed E-state index contributed by atoms with van der Waals surface area (Å²) < 4.78 is 0. The van der Waals surface area contributed by atoms with Gasteiger partial charge in [0.1, 0.15) is 11.5 Å². The number of ketones is 2. The molecule has 1 amide bonds. The normalized spacial score (nSPS) is 23.9. The van der Waals surface area contributed by atoms with Gasteiger partial charge in [0.25, 0.3) is 0 Å². The van der Waals surface area contributed by atoms with E-state index in [-0.39, 0.29) is 33.1 Å². The third-order valence-corrected chi connectivity index (χ3v) is 9.06. The highest BCUT2D eigenvalue weighted by Gasteiger charge is 2.70. The largest absolute Gasteiger partial charge is 0.358 e. The third kappa shape index (κ3) is 3.31. The van der Waals surface area contributed by atoms with Gasteiger partial charge in [0.15, 0.2) is 11.6 Å². The molecule has 1 saturated heterocycles. The summed E-state index contributed by atoms with van der Waals surface area (Å²) in [5.41, 5.74) is 2.23. The van der Waals surface area contributed by atoms with Crippen molar-refractivity contribution in [3.05, 3.63) is 141 Å². The Labute approximate surface area is 241 Å². The smallest absolute Gasteiger partial charge is 0.238 e. The van der Waals surface area contributed by atoms with Gasteiger partial charge in [-0.15, -0.1) is 0 Å². The van der Waals surface area contributed by atoms with Crippen LogP contribution in [0.4, 0.5) is 5.69 Å². The van der Waals surface area contributed by atoms with Gasteiger partial charge in [-0.2, -0.15) is 0 Å². The Bertz CT molecular complexity index is 1770. The molecule has 4 aromatic rings. The number of fused-ring (bicyclic) bond motifs is 6. The molecule has 0 aliphatic carbocycles. The highest BCUT2D eigenvalue weighted by atomic mass is 35.5. The molecule has 0 aromatic heterocycles. The van der Waals surface area contributed by atoms with Gasteiger partial charge in [0, 0.05) is 23.0 Å². The number of nitrogens with zero attached hydrogens (tertiary/aromatic N) is 1. The lowest BCUT2D eigenvalue weighted by Crippen LogP contribution is -2.49. The Morgan fingerprint density at radius 3 is 2.08 bits per heavy atom. The summed E-state index contributed by atoms with van der Waals surface area (Å²) in [5, 5.41) is 3.59. The second kappa shape index (κ2) is 9.19. The van der Waals surface area contributed by atoms with E-state index >= 15 is 0 Å². The quantitative estimate of drug-likeness (QED) is 0.272. The predicted molar refractivity (Wildman–Crippen MR) is 156 cm³/mol. The molecular formula is C33H22Cl2N2O3. The number of Topliss-reactive ketones (excluding diaryl/α,β-unsaturated/α-hetero) is 2. The summed E-state index contributed by atoms with van der Waals surface area (Å²) in [7, 11) is 0. The molecule has 0 saturated carbocycles.